The van der Waals surface area contributed by atoms with Crippen LogP contribution in [0.15, 0.2) is 121 Å². The van der Waals surface area contributed by atoms with Gasteiger partial charge >= 0.3 is 0 Å². The van der Waals surface area contributed by atoms with Gasteiger partial charge in [0.05, 0.1) is 0 Å². The maximum Gasteiger partial charge on any atom is 0.201 e. The minimum atomic E-state index is -2.20. The molecule has 0 bridgehead atoms. The summed E-state index contributed by atoms with van der Waals surface area (Å²) < 4.78 is 0. The van der Waals surface area contributed by atoms with Crippen molar-refractivity contribution in [1.82, 2.24) is 0 Å². The summed E-state index contributed by atoms with van der Waals surface area (Å²) in [6.45, 7) is 0. The molecule has 0 N–H and O–H groups in total. The number of rotatable bonds is 6. The first-order chi connectivity index (χ1) is 16.8. The van der Waals surface area contributed by atoms with Gasteiger partial charge in [0.25, 0.3) is 0 Å². The highest BCUT2D eigenvalue weighted by atomic mass is 31.2. The van der Waals surface area contributed by atoms with E-state index in [1.54, 1.807) is 0 Å². The molecule has 0 amide bonds. The maximum absolute atomic E-state index is 14.3. The van der Waals surface area contributed by atoms with E-state index in [4.69, 9.17) is 0 Å². The first kappa shape index (κ1) is 21.0. The van der Waals surface area contributed by atoms with Crippen LogP contribution in [-0.2, 0) is 12.8 Å². The van der Waals surface area contributed by atoms with Crippen LogP contribution in [0.2, 0.25) is 0 Å². The van der Waals surface area contributed by atoms with Crippen LogP contribution in [0.3, 0.4) is 0 Å². The number of hydrogen-bond donors (Lipinski definition) is 0. The molecule has 5 aromatic carbocycles. The van der Waals surface area contributed by atoms with E-state index in [1.807, 2.05) is 0 Å². The molecule has 5 aromatic rings. The summed E-state index contributed by atoms with van der Waals surface area (Å²) in [5.74, 6) is 0.249. The number of carbonyl (C=O) groups is 1. The molecule has 0 heterocycles. The van der Waals surface area contributed by atoms with E-state index in [0.29, 0.717) is 6.16 Å². The number of benzene rings is 5. The molecule has 0 radical (unpaired) electrons. The lowest BCUT2D eigenvalue weighted by Crippen LogP contribution is -2.36. The van der Waals surface area contributed by atoms with Gasteiger partial charge in [-0.25, -0.2) is 0 Å². The van der Waals surface area contributed by atoms with Gasteiger partial charge in [0.15, 0.2) is 0 Å². The van der Waals surface area contributed by atoms with E-state index in [9.17, 15) is 4.79 Å². The SMILES string of the molecule is O=C(C[P+](c1ccccc1)(c1ccccc1)c1ccccc1)c1ccc2cccc3c2c1CC3. The summed E-state index contributed by atoms with van der Waals surface area (Å²) in [5, 5.41) is 6.30. The standard InChI is InChI=1S/C32H26OP/c33-31(29-21-19-24-11-10-12-25-20-22-30(29)32(24)25)23-34(26-13-4-1-5-14-26,27-15-6-2-7-16-27)28-17-8-3-9-18-28/h1-19,21H,20,22-23H2/q+1. The predicted molar refractivity (Wildman–Crippen MR) is 146 cm³/mol. The minimum absolute atomic E-state index is 0.249. The van der Waals surface area contributed by atoms with E-state index in [2.05, 4.69) is 121 Å². The van der Waals surface area contributed by atoms with Crippen LogP contribution >= 0.6 is 7.26 Å². The summed E-state index contributed by atoms with van der Waals surface area (Å²) in [5.41, 5.74) is 3.52. The molecule has 0 spiro atoms. The van der Waals surface area contributed by atoms with Crippen molar-refractivity contribution in [2.45, 2.75) is 12.8 Å². The first-order valence-corrected chi connectivity index (χ1v) is 13.9. The Morgan fingerprint density at radius 2 is 1.15 bits per heavy atom. The fourth-order valence-corrected chi connectivity index (χ4v) is 9.68. The summed E-state index contributed by atoms with van der Waals surface area (Å²) in [6, 6.07) is 42.7. The third kappa shape index (κ3) is 3.40. The molecule has 0 fully saturated rings. The van der Waals surface area contributed by atoms with Gasteiger partial charge in [-0.3, -0.25) is 4.79 Å². The smallest absolute Gasteiger partial charge is 0.201 e. The average Bonchev–Trinajstić information content (AvgIpc) is 3.35. The van der Waals surface area contributed by atoms with Crippen molar-refractivity contribution < 1.29 is 4.79 Å². The molecule has 0 saturated heterocycles. The lowest BCUT2D eigenvalue weighted by Gasteiger charge is -2.27. The van der Waals surface area contributed by atoms with Crippen molar-refractivity contribution in [3.05, 3.63) is 138 Å². The van der Waals surface area contributed by atoms with Crippen molar-refractivity contribution in [2.75, 3.05) is 6.16 Å². The van der Waals surface area contributed by atoms with Crippen molar-refractivity contribution in [3.8, 4) is 0 Å². The summed E-state index contributed by atoms with van der Waals surface area (Å²) >= 11 is 0. The molecule has 1 nitrogen and oxygen atoms in total. The molecule has 1 aliphatic carbocycles. The van der Waals surface area contributed by atoms with Crippen LogP contribution < -0.4 is 15.9 Å². The molecule has 0 unspecified atom stereocenters. The molecule has 0 atom stereocenters. The maximum atomic E-state index is 14.3. The van der Waals surface area contributed by atoms with Crippen molar-refractivity contribution in [1.29, 1.82) is 0 Å². The topological polar surface area (TPSA) is 17.1 Å². The fourth-order valence-electron chi connectivity index (χ4n) is 5.59. The third-order valence-corrected chi connectivity index (χ3v) is 11.5. The zero-order valence-corrected chi connectivity index (χ0v) is 19.9. The second kappa shape index (κ2) is 8.67. The summed E-state index contributed by atoms with van der Waals surface area (Å²) in [6.07, 6.45) is 2.46. The lowest BCUT2D eigenvalue weighted by atomic mass is 9.98. The highest BCUT2D eigenvalue weighted by Gasteiger charge is 2.47. The van der Waals surface area contributed by atoms with Gasteiger partial charge < -0.3 is 0 Å². The number of ketones is 1. The summed E-state index contributed by atoms with van der Waals surface area (Å²) in [7, 11) is -2.20. The predicted octanol–water partition coefficient (Wildman–Crippen LogP) is 6.12. The summed E-state index contributed by atoms with van der Waals surface area (Å²) in [4.78, 5) is 14.3. The molecule has 2 heteroatoms. The van der Waals surface area contributed by atoms with Crippen molar-refractivity contribution in [3.63, 3.8) is 0 Å². The zero-order chi connectivity index (χ0) is 23.0. The minimum Gasteiger partial charge on any atom is -0.290 e. The van der Waals surface area contributed by atoms with E-state index >= 15 is 0 Å². The lowest BCUT2D eigenvalue weighted by molar-refractivity contribution is 0.102. The Bertz CT molecular complexity index is 1380. The van der Waals surface area contributed by atoms with Crippen LogP contribution in [0, 0.1) is 0 Å². The zero-order valence-electron chi connectivity index (χ0n) is 19.0. The monoisotopic (exact) mass is 457 g/mol. The fraction of sp³-hybridized carbons (Fsp3) is 0.0938. The Kier molecular flexibility index (Phi) is 5.36. The van der Waals surface area contributed by atoms with E-state index < -0.39 is 7.26 Å². The van der Waals surface area contributed by atoms with E-state index in [0.717, 1.165) is 18.4 Å². The second-order valence-electron chi connectivity index (χ2n) is 9.00. The highest BCUT2D eigenvalue weighted by molar-refractivity contribution is 7.96. The van der Waals surface area contributed by atoms with Crippen LogP contribution in [0.4, 0.5) is 0 Å². The van der Waals surface area contributed by atoms with Gasteiger partial charge in [-0.15, -0.1) is 0 Å². The molecular weight excluding hydrogens is 431 g/mol. The van der Waals surface area contributed by atoms with Crippen LogP contribution in [0.1, 0.15) is 21.5 Å². The Morgan fingerprint density at radius 1 is 0.588 bits per heavy atom. The van der Waals surface area contributed by atoms with Gasteiger partial charge in [-0.05, 0) is 71.1 Å². The number of carbonyl (C=O) groups excluding carboxylic acids is 1. The van der Waals surface area contributed by atoms with Gasteiger partial charge in [0.1, 0.15) is 29.3 Å². The van der Waals surface area contributed by atoms with Crippen LogP contribution in [0.5, 0.6) is 0 Å². The van der Waals surface area contributed by atoms with Crippen molar-refractivity contribution in [2.24, 2.45) is 0 Å². The number of Topliss-reactive ketones (excluding diaryl/α,β-unsaturated/α-hetero) is 1. The largest absolute Gasteiger partial charge is 0.290 e. The van der Waals surface area contributed by atoms with Gasteiger partial charge in [0, 0.05) is 5.56 Å². The molecule has 6 rings (SSSR count). The molecule has 34 heavy (non-hydrogen) atoms. The molecule has 164 valence electrons. The third-order valence-electron chi connectivity index (χ3n) is 7.16. The number of aryl methyl sites for hydroxylation is 2. The highest BCUT2D eigenvalue weighted by Crippen LogP contribution is 2.55. The quantitative estimate of drug-likeness (QED) is 0.222. The Labute approximate surface area is 201 Å². The Hall–Kier alpha value is -3.54. The normalized spacial score (nSPS) is 12.7. The van der Waals surface area contributed by atoms with Gasteiger partial charge in [-0.2, -0.15) is 0 Å². The van der Waals surface area contributed by atoms with E-state index in [-0.39, 0.29) is 5.78 Å². The van der Waals surface area contributed by atoms with Crippen molar-refractivity contribution >= 4 is 39.7 Å². The Morgan fingerprint density at radius 3 is 1.71 bits per heavy atom. The first-order valence-electron chi connectivity index (χ1n) is 11.9. The average molecular weight is 458 g/mol. The second-order valence-corrected chi connectivity index (χ2v) is 12.5. The molecule has 0 saturated carbocycles. The van der Waals surface area contributed by atoms with Gasteiger partial charge in [-0.1, -0.05) is 84.9 Å². The van der Waals surface area contributed by atoms with Gasteiger partial charge in [0.2, 0.25) is 5.78 Å². The molecule has 0 aromatic heterocycles. The molecule has 1 aliphatic rings. The van der Waals surface area contributed by atoms with Crippen LogP contribution in [-0.4, -0.2) is 11.9 Å². The Balaban J connectivity index is 1.56. The van der Waals surface area contributed by atoms with Crippen LogP contribution in [0.25, 0.3) is 10.8 Å². The number of hydrogen-bond acceptors (Lipinski definition) is 1. The van der Waals surface area contributed by atoms with E-state index in [1.165, 1.54) is 37.8 Å². The molecular formula is C32H26OP+. The molecule has 0 aliphatic heterocycles.